The van der Waals surface area contributed by atoms with Crippen LogP contribution < -0.4 is 10.1 Å². The molecule has 5 rings (SSSR count). The molecule has 2 aliphatic rings. The van der Waals surface area contributed by atoms with Gasteiger partial charge in [0.05, 0.1) is 0 Å². The fraction of sp³-hybridized carbons (Fsp3) is 0.333. The number of piperazine rings is 1. The van der Waals surface area contributed by atoms with E-state index in [4.69, 9.17) is 16.3 Å². The maximum Gasteiger partial charge on any atom is 0.264 e. The van der Waals surface area contributed by atoms with E-state index in [0.717, 1.165) is 65.2 Å². The van der Waals surface area contributed by atoms with Crippen LogP contribution in [0, 0.1) is 6.92 Å². The summed E-state index contributed by atoms with van der Waals surface area (Å²) in [5, 5.41) is 4.97. The molecule has 28 heavy (non-hydrogen) atoms. The molecular weight excluding hydrogens is 376 g/mol. The number of nitrogens with zero attached hydrogens (tertiary/aromatic N) is 2. The lowest BCUT2D eigenvalue weighted by atomic mass is 9.98. The van der Waals surface area contributed by atoms with Crippen LogP contribution in [0.3, 0.4) is 0 Å². The Morgan fingerprint density at radius 2 is 2.11 bits per heavy atom. The van der Waals surface area contributed by atoms with E-state index in [9.17, 15) is 4.79 Å². The third kappa shape index (κ3) is 2.84. The average Bonchev–Trinajstić information content (AvgIpc) is 3.31. The van der Waals surface area contributed by atoms with E-state index in [-0.39, 0.29) is 5.91 Å². The largest absolute Gasteiger partial charge is 0.479 e. The summed E-state index contributed by atoms with van der Waals surface area (Å²) in [5.41, 5.74) is 4.84. The van der Waals surface area contributed by atoms with Gasteiger partial charge in [0.1, 0.15) is 11.4 Å². The topological polar surface area (TPSA) is 70.2 Å². The van der Waals surface area contributed by atoms with Gasteiger partial charge in [-0.25, -0.2) is 4.98 Å². The van der Waals surface area contributed by atoms with E-state index in [2.05, 4.69) is 15.3 Å². The number of pyridine rings is 1. The zero-order valence-corrected chi connectivity index (χ0v) is 16.3. The molecule has 0 spiro atoms. The summed E-state index contributed by atoms with van der Waals surface area (Å²) in [4.78, 5) is 22.4. The normalized spacial score (nSPS) is 18.9. The second-order valence-corrected chi connectivity index (χ2v) is 7.82. The summed E-state index contributed by atoms with van der Waals surface area (Å²) in [6.07, 6.45) is 3.78. The van der Waals surface area contributed by atoms with E-state index in [1.54, 1.807) is 6.20 Å². The molecule has 1 atom stereocenters. The number of amides is 1. The Bertz CT molecular complexity index is 1070. The molecule has 4 heterocycles. The summed E-state index contributed by atoms with van der Waals surface area (Å²) in [6, 6.07) is 5.80. The standard InChI is InChI=1S/C21H21ClN4O2/c1-12-11-25-20-18(12)15(2-3-24-20)16-10-14(22)8-13-9-17(28-19(13)16)21(27)26-6-4-23-5-7-26/h2-3,8,10-11,17,23H,4-7,9H2,1H3,(H,24,25)/t17-/m1/s1. The second-order valence-electron chi connectivity index (χ2n) is 7.38. The SMILES string of the molecule is Cc1c[nH]c2nccc(-c3cc(Cl)cc4c3O[C@@H](C(=O)N3CCNCC3)C4)c12. The lowest BCUT2D eigenvalue weighted by molar-refractivity contribution is -0.138. The maximum absolute atomic E-state index is 13.0. The first-order valence-electron chi connectivity index (χ1n) is 9.53. The zero-order chi connectivity index (χ0) is 19.3. The Morgan fingerprint density at radius 3 is 2.93 bits per heavy atom. The lowest BCUT2D eigenvalue weighted by Gasteiger charge is -2.29. The van der Waals surface area contributed by atoms with Crippen LogP contribution in [0.5, 0.6) is 5.75 Å². The first-order chi connectivity index (χ1) is 13.6. The molecule has 1 amide bonds. The molecule has 2 aromatic heterocycles. The number of rotatable bonds is 2. The second kappa shape index (κ2) is 6.79. The molecule has 2 N–H and O–H groups in total. The zero-order valence-electron chi connectivity index (χ0n) is 15.6. The summed E-state index contributed by atoms with van der Waals surface area (Å²) < 4.78 is 6.23. The number of carbonyl (C=O) groups excluding carboxylic acids is 1. The van der Waals surface area contributed by atoms with Gasteiger partial charge < -0.3 is 19.9 Å². The lowest BCUT2D eigenvalue weighted by Crippen LogP contribution is -2.50. The van der Waals surface area contributed by atoms with Crippen LogP contribution in [0.1, 0.15) is 11.1 Å². The van der Waals surface area contributed by atoms with Gasteiger partial charge in [0.25, 0.3) is 5.91 Å². The Balaban J connectivity index is 1.55. The molecular formula is C21H21ClN4O2. The summed E-state index contributed by atoms with van der Waals surface area (Å²) in [6.45, 7) is 5.13. The van der Waals surface area contributed by atoms with Crippen molar-refractivity contribution in [2.24, 2.45) is 0 Å². The van der Waals surface area contributed by atoms with E-state index < -0.39 is 6.10 Å². The third-order valence-electron chi connectivity index (χ3n) is 5.56. The fourth-order valence-electron chi connectivity index (χ4n) is 4.19. The Morgan fingerprint density at radius 1 is 1.29 bits per heavy atom. The summed E-state index contributed by atoms with van der Waals surface area (Å²) in [5.74, 6) is 0.809. The minimum Gasteiger partial charge on any atom is -0.479 e. The molecule has 0 aliphatic carbocycles. The van der Waals surface area contributed by atoms with Crippen molar-refractivity contribution in [2.45, 2.75) is 19.4 Å². The van der Waals surface area contributed by atoms with Gasteiger partial charge in [-0.05, 0) is 36.2 Å². The number of aromatic nitrogens is 2. The van der Waals surface area contributed by atoms with Crippen molar-refractivity contribution < 1.29 is 9.53 Å². The van der Waals surface area contributed by atoms with Gasteiger partial charge in [-0.2, -0.15) is 0 Å². The van der Waals surface area contributed by atoms with Crippen LogP contribution in [0.2, 0.25) is 5.02 Å². The predicted molar refractivity (Wildman–Crippen MR) is 109 cm³/mol. The van der Waals surface area contributed by atoms with Crippen LogP contribution in [-0.4, -0.2) is 53.1 Å². The molecule has 144 valence electrons. The van der Waals surface area contributed by atoms with Gasteiger partial charge in [0.15, 0.2) is 6.10 Å². The minimum absolute atomic E-state index is 0.0532. The number of halogens is 1. The highest BCUT2D eigenvalue weighted by Gasteiger charge is 2.35. The highest BCUT2D eigenvalue weighted by molar-refractivity contribution is 6.31. The Labute approximate surface area is 167 Å². The van der Waals surface area contributed by atoms with Crippen molar-refractivity contribution in [2.75, 3.05) is 26.2 Å². The molecule has 3 aromatic rings. The van der Waals surface area contributed by atoms with Gasteiger partial charge in [0, 0.05) is 66.5 Å². The van der Waals surface area contributed by atoms with Crippen LogP contribution in [0.4, 0.5) is 0 Å². The molecule has 0 saturated carbocycles. The molecule has 2 aliphatic heterocycles. The summed E-state index contributed by atoms with van der Waals surface area (Å²) in [7, 11) is 0. The Hall–Kier alpha value is -2.57. The van der Waals surface area contributed by atoms with Crippen LogP contribution in [0.15, 0.2) is 30.6 Å². The smallest absolute Gasteiger partial charge is 0.264 e. The van der Waals surface area contributed by atoms with Gasteiger partial charge in [-0.1, -0.05) is 11.6 Å². The Kier molecular flexibility index (Phi) is 4.25. The molecule has 0 unspecified atom stereocenters. The fourth-order valence-corrected chi connectivity index (χ4v) is 4.44. The number of hydrogen-bond acceptors (Lipinski definition) is 4. The average molecular weight is 397 g/mol. The van der Waals surface area contributed by atoms with Gasteiger partial charge in [0.2, 0.25) is 0 Å². The van der Waals surface area contributed by atoms with E-state index in [1.807, 2.05) is 36.2 Å². The number of nitrogens with one attached hydrogen (secondary N) is 2. The number of fused-ring (bicyclic) bond motifs is 2. The number of ether oxygens (including phenoxy) is 1. The van der Waals surface area contributed by atoms with Crippen molar-refractivity contribution in [1.82, 2.24) is 20.2 Å². The molecule has 1 fully saturated rings. The minimum atomic E-state index is -0.491. The van der Waals surface area contributed by atoms with Crippen LogP contribution >= 0.6 is 11.6 Å². The predicted octanol–water partition coefficient (Wildman–Crippen LogP) is 2.93. The third-order valence-corrected chi connectivity index (χ3v) is 5.78. The molecule has 1 saturated heterocycles. The number of hydrogen-bond donors (Lipinski definition) is 2. The van der Waals surface area contributed by atoms with Gasteiger partial charge in [-0.3, -0.25) is 4.79 Å². The first kappa shape index (κ1) is 17.5. The van der Waals surface area contributed by atoms with Crippen molar-refractivity contribution in [3.8, 4) is 16.9 Å². The number of H-pyrrole nitrogens is 1. The monoisotopic (exact) mass is 396 g/mol. The molecule has 6 nitrogen and oxygen atoms in total. The first-order valence-corrected chi connectivity index (χ1v) is 9.91. The van der Waals surface area contributed by atoms with Gasteiger partial charge >= 0.3 is 0 Å². The van der Waals surface area contributed by atoms with Crippen molar-refractivity contribution in [3.63, 3.8) is 0 Å². The van der Waals surface area contributed by atoms with Crippen LogP contribution in [0.25, 0.3) is 22.2 Å². The number of aryl methyl sites for hydroxylation is 1. The van der Waals surface area contributed by atoms with E-state index in [1.165, 1.54) is 0 Å². The molecule has 0 radical (unpaired) electrons. The quantitative estimate of drug-likeness (QED) is 0.698. The van der Waals surface area contributed by atoms with Crippen molar-refractivity contribution >= 4 is 28.5 Å². The van der Waals surface area contributed by atoms with E-state index >= 15 is 0 Å². The van der Waals surface area contributed by atoms with Crippen LogP contribution in [-0.2, 0) is 11.2 Å². The van der Waals surface area contributed by atoms with E-state index in [0.29, 0.717) is 11.4 Å². The molecule has 7 heteroatoms. The maximum atomic E-state index is 13.0. The number of aromatic amines is 1. The van der Waals surface area contributed by atoms with Gasteiger partial charge in [-0.15, -0.1) is 0 Å². The highest BCUT2D eigenvalue weighted by Crippen LogP contribution is 2.43. The highest BCUT2D eigenvalue weighted by atomic mass is 35.5. The number of benzene rings is 1. The van der Waals surface area contributed by atoms with Crippen molar-refractivity contribution in [3.05, 3.63) is 46.7 Å². The molecule has 1 aromatic carbocycles. The summed E-state index contributed by atoms with van der Waals surface area (Å²) >= 11 is 6.44. The number of carbonyl (C=O) groups is 1. The molecule has 0 bridgehead atoms. The van der Waals surface area contributed by atoms with Crippen molar-refractivity contribution in [1.29, 1.82) is 0 Å².